The average Bonchev–Trinajstić information content (AvgIpc) is 2.07. The van der Waals surface area contributed by atoms with Crippen LogP contribution in [0.4, 0.5) is 0 Å². The van der Waals surface area contributed by atoms with E-state index in [9.17, 15) is 0 Å². The zero-order chi connectivity index (χ0) is 8.97. The van der Waals surface area contributed by atoms with Crippen LogP contribution in [0.1, 0.15) is 5.56 Å². The van der Waals surface area contributed by atoms with E-state index >= 15 is 0 Å². The SMILES string of the molecule is SCC=Cc1ccc(Br)c(Cl)c1. The van der Waals surface area contributed by atoms with E-state index in [0.717, 1.165) is 20.8 Å². The molecule has 0 heterocycles. The molecular weight excluding hydrogens is 256 g/mol. The van der Waals surface area contributed by atoms with E-state index in [1.165, 1.54) is 0 Å². The lowest BCUT2D eigenvalue weighted by Gasteiger charge is -1.96. The van der Waals surface area contributed by atoms with Gasteiger partial charge in [0, 0.05) is 10.2 Å². The van der Waals surface area contributed by atoms with Crippen LogP contribution < -0.4 is 0 Å². The van der Waals surface area contributed by atoms with Gasteiger partial charge in [-0.2, -0.15) is 12.6 Å². The number of hydrogen-bond acceptors (Lipinski definition) is 1. The fourth-order valence-corrected chi connectivity index (χ4v) is 1.35. The van der Waals surface area contributed by atoms with Gasteiger partial charge >= 0.3 is 0 Å². The zero-order valence-corrected chi connectivity index (χ0v) is 9.53. The topological polar surface area (TPSA) is 0 Å². The molecule has 0 saturated heterocycles. The molecule has 0 amide bonds. The Hall–Kier alpha value is 0.0800. The third-order valence-electron chi connectivity index (χ3n) is 1.36. The van der Waals surface area contributed by atoms with Gasteiger partial charge in [0.15, 0.2) is 0 Å². The molecule has 3 heteroatoms. The Labute approximate surface area is 91.2 Å². The van der Waals surface area contributed by atoms with Gasteiger partial charge in [-0.3, -0.25) is 0 Å². The minimum Gasteiger partial charge on any atom is -0.175 e. The fraction of sp³-hybridized carbons (Fsp3) is 0.111. The summed E-state index contributed by atoms with van der Waals surface area (Å²) in [5, 5.41) is 0.733. The minimum absolute atomic E-state index is 0.733. The number of thiol groups is 1. The van der Waals surface area contributed by atoms with Crippen LogP contribution in [0.3, 0.4) is 0 Å². The average molecular weight is 264 g/mol. The van der Waals surface area contributed by atoms with Crippen LogP contribution in [0.2, 0.25) is 5.02 Å². The van der Waals surface area contributed by atoms with E-state index in [1.807, 2.05) is 30.4 Å². The van der Waals surface area contributed by atoms with Gasteiger partial charge in [0.05, 0.1) is 5.02 Å². The molecule has 0 aliphatic rings. The Bertz CT molecular complexity index is 297. The summed E-state index contributed by atoms with van der Waals surface area (Å²) < 4.78 is 0.923. The third-order valence-corrected chi connectivity index (χ3v) is 2.80. The van der Waals surface area contributed by atoms with Crippen molar-refractivity contribution in [3.05, 3.63) is 39.3 Å². The predicted molar refractivity (Wildman–Crippen MR) is 62.0 cm³/mol. The van der Waals surface area contributed by atoms with Crippen molar-refractivity contribution in [2.45, 2.75) is 0 Å². The standard InChI is InChI=1S/C9H8BrClS/c10-8-4-3-7(2-1-5-12)6-9(8)11/h1-4,6,12H,5H2. The molecule has 1 aromatic rings. The first-order chi connectivity index (χ1) is 5.74. The summed E-state index contributed by atoms with van der Waals surface area (Å²) in [5.41, 5.74) is 1.09. The van der Waals surface area contributed by atoms with Gasteiger partial charge in [0.1, 0.15) is 0 Å². The van der Waals surface area contributed by atoms with E-state index in [4.69, 9.17) is 11.6 Å². The van der Waals surface area contributed by atoms with Gasteiger partial charge in [0.25, 0.3) is 0 Å². The van der Waals surface area contributed by atoms with Gasteiger partial charge < -0.3 is 0 Å². The van der Waals surface area contributed by atoms with Crippen molar-refractivity contribution in [2.75, 3.05) is 5.75 Å². The summed E-state index contributed by atoms with van der Waals surface area (Å²) in [6.45, 7) is 0. The van der Waals surface area contributed by atoms with Crippen LogP contribution in [-0.2, 0) is 0 Å². The van der Waals surface area contributed by atoms with Crippen LogP contribution in [0.25, 0.3) is 6.08 Å². The first-order valence-electron chi connectivity index (χ1n) is 3.46. The number of halogens is 2. The Kier molecular flexibility index (Phi) is 4.19. The van der Waals surface area contributed by atoms with Crippen molar-refractivity contribution in [1.29, 1.82) is 0 Å². The Morgan fingerprint density at radius 3 is 2.83 bits per heavy atom. The normalized spacial score (nSPS) is 10.9. The van der Waals surface area contributed by atoms with Crippen molar-refractivity contribution < 1.29 is 0 Å². The molecule has 0 atom stereocenters. The van der Waals surface area contributed by atoms with Gasteiger partial charge in [-0.15, -0.1) is 0 Å². The molecule has 0 bridgehead atoms. The second-order valence-electron chi connectivity index (χ2n) is 2.26. The van der Waals surface area contributed by atoms with Crippen LogP contribution in [-0.4, -0.2) is 5.75 Å². The summed E-state index contributed by atoms with van der Waals surface area (Å²) in [5.74, 6) is 0.744. The van der Waals surface area contributed by atoms with Gasteiger partial charge in [0.2, 0.25) is 0 Å². The highest BCUT2D eigenvalue weighted by atomic mass is 79.9. The fourth-order valence-electron chi connectivity index (χ4n) is 0.805. The van der Waals surface area contributed by atoms with Crippen molar-refractivity contribution in [1.82, 2.24) is 0 Å². The van der Waals surface area contributed by atoms with Crippen molar-refractivity contribution in [3.8, 4) is 0 Å². The molecule has 12 heavy (non-hydrogen) atoms. The monoisotopic (exact) mass is 262 g/mol. The van der Waals surface area contributed by atoms with E-state index in [2.05, 4.69) is 28.6 Å². The molecule has 0 aromatic heterocycles. The maximum absolute atomic E-state index is 5.89. The van der Waals surface area contributed by atoms with Crippen LogP contribution in [0.5, 0.6) is 0 Å². The highest BCUT2D eigenvalue weighted by molar-refractivity contribution is 9.10. The summed E-state index contributed by atoms with van der Waals surface area (Å²) >= 11 is 13.3. The molecule has 0 saturated carbocycles. The molecule has 0 spiro atoms. The molecule has 0 unspecified atom stereocenters. The Balaban J connectivity index is 2.89. The molecule has 0 fully saturated rings. The van der Waals surface area contributed by atoms with Gasteiger partial charge in [-0.1, -0.05) is 29.8 Å². The van der Waals surface area contributed by atoms with Crippen LogP contribution in [0.15, 0.2) is 28.7 Å². The lowest BCUT2D eigenvalue weighted by atomic mass is 10.2. The largest absolute Gasteiger partial charge is 0.175 e. The smallest absolute Gasteiger partial charge is 0.0554 e. The van der Waals surface area contributed by atoms with Gasteiger partial charge in [-0.05, 0) is 33.6 Å². The Morgan fingerprint density at radius 1 is 1.50 bits per heavy atom. The first kappa shape index (κ1) is 10.2. The summed E-state index contributed by atoms with van der Waals surface area (Å²) in [6, 6.07) is 5.84. The summed E-state index contributed by atoms with van der Waals surface area (Å²) in [6.07, 6.45) is 3.97. The second-order valence-corrected chi connectivity index (χ2v) is 3.89. The lowest BCUT2D eigenvalue weighted by Crippen LogP contribution is -1.73. The molecule has 0 aliphatic carbocycles. The van der Waals surface area contributed by atoms with Crippen molar-refractivity contribution in [3.63, 3.8) is 0 Å². The van der Waals surface area contributed by atoms with Gasteiger partial charge in [-0.25, -0.2) is 0 Å². The van der Waals surface area contributed by atoms with Crippen LogP contribution >= 0.6 is 40.2 Å². The summed E-state index contributed by atoms with van der Waals surface area (Å²) in [7, 11) is 0. The lowest BCUT2D eigenvalue weighted by molar-refractivity contribution is 1.60. The molecule has 64 valence electrons. The van der Waals surface area contributed by atoms with Crippen molar-refractivity contribution in [2.24, 2.45) is 0 Å². The molecule has 1 aromatic carbocycles. The van der Waals surface area contributed by atoms with E-state index < -0.39 is 0 Å². The zero-order valence-electron chi connectivity index (χ0n) is 6.30. The van der Waals surface area contributed by atoms with E-state index in [-0.39, 0.29) is 0 Å². The number of hydrogen-bond donors (Lipinski definition) is 1. The Morgan fingerprint density at radius 2 is 2.25 bits per heavy atom. The maximum Gasteiger partial charge on any atom is 0.0554 e. The third kappa shape index (κ3) is 2.85. The molecular formula is C9H8BrClS. The quantitative estimate of drug-likeness (QED) is 0.765. The van der Waals surface area contributed by atoms with E-state index in [1.54, 1.807) is 0 Å². The maximum atomic E-state index is 5.89. The molecule has 0 N–H and O–H groups in total. The molecule has 1 rings (SSSR count). The molecule has 0 aliphatic heterocycles. The predicted octanol–water partition coefficient (Wildman–Crippen LogP) is 4.05. The molecule has 0 radical (unpaired) electrons. The highest BCUT2D eigenvalue weighted by Crippen LogP contribution is 2.23. The number of rotatable bonds is 2. The van der Waals surface area contributed by atoms with E-state index in [0.29, 0.717) is 0 Å². The van der Waals surface area contributed by atoms with Crippen LogP contribution in [0, 0.1) is 0 Å². The molecule has 0 nitrogen and oxygen atoms in total. The highest BCUT2D eigenvalue weighted by Gasteiger charge is 1.95. The van der Waals surface area contributed by atoms with Crippen molar-refractivity contribution >= 4 is 46.2 Å². The number of benzene rings is 1. The second kappa shape index (κ2) is 4.95. The minimum atomic E-state index is 0.733. The summed E-state index contributed by atoms with van der Waals surface area (Å²) in [4.78, 5) is 0. The first-order valence-corrected chi connectivity index (χ1v) is 5.27.